The molecule has 1 aromatic rings. The molecule has 0 heterocycles. The standard InChI is InChI=1S/C13H18N2O3/c1-10(17)14-11-5-4-6-12(9-11)15-13(18)7-2-3-8-16/h4-6,9,16H,2-3,7-8H2,1H3,(H,14,17)(H,15,18). The number of rotatable bonds is 6. The Hall–Kier alpha value is -1.88. The number of carbonyl (C=O) groups excluding carboxylic acids is 2. The highest BCUT2D eigenvalue weighted by atomic mass is 16.3. The van der Waals surface area contributed by atoms with Gasteiger partial charge in [0.2, 0.25) is 11.8 Å². The van der Waals surface area contributed by atoms with Crippen molar-refractivity contribution in [3.05, 3.63) is 24.3 Å². The van der Waals surface area contributed by atoms with Crippen molar-refractivity contribution in [3.8, 4) is 0 Å². The second-order valence-corrected chi connectivity index (χ2v) is 3.99. The van der Waals surface area contributed by atoms with Crippen LogP contribution in [0.3, 0.4) is 0 Å². The molecule has 0 bridgehead atoms. The Morgan fingerprint density at radius 2 is 1.83 bits per heavy atom. The highest BCUT2D eigenvalue weighted by molar-refractivity contribution is 5.93. The smallest absolute Gasteiger partial charge is 0.224 e. The third kappa shape index (κ3) is 5.45. The van der Waals surface area contributed by atoms with Crippen molar-refractivity contribution in [2.45, 2.75) is 26.2 Å². The van der Waals surface area contributed by atoms with Crippen molar-refractivity contribution in [2.24, 2.45) is 0 Å². The van der Waals surface area contributed by atoms with E-state index in [4.69, 9.17) is 5.11 Å². The van der Waals surface area contributed by atoms with E-state index < -0.39 is 0 Å². The fraction of sp³-hybridized carbons (Fsp3) is 0.385. The summed E-state index contributed by atoms with van der Waals surface area (Å²) in [7, 11) is 0. The van der Waals surface area contributed by atoms with E-state index in [0.717, 1.165) is 0 Å². The summed E-state index contributed by atoms with van der Waals surface area (Å²) in [6.07, 6.45) is 1.66. The molecule has 0 fully saturated rings. The molecule has 0 saturated carbocycles. The molecule has 0 aliphatic heterocycles. The topological polar surface area (TPSA) is 78.4 Å². The lowest BCUT2D eigenvalue weighted by Gasteiger charge is -2.07. The van der Waals surface area contributed by atoms with Crippen LogP contribution in [0.1, 0.15) is 26.2 Å². The summed E-state index contributed by atoms with van der Waals surface area (Å²) in [6.45, 7) is 1.53. The highest BCUT2D eigenvalue weighted by Crippen LogP contribution is 2.15. The summed E-state index contributed by atoms with van der Waals surface area (Å²) < 4.78 is 0. The number of anilines is 2. The second-order valence-electron chi connectivity index (χ2n) is 3.99. The Morgan fingerprint density at radius 1 is 1.17 bits per heavy atom. The maximum atomic E-state index is 11.5. The van der Waals surface area contributed by atoms with E-state index in [0.29, 0.717) is 30.6 Å². The van der Waals surface area contributed by atoms with Gasteiger partial charge < -0.3 is 15.7 Å². The Morgan fingerprint density at radius 3 is 2.44 bits per heavy atom. The predicted molar refractivity (Wildman–Crippen MR) is 70.3 cm³/mol. The van der Waals surface area contributed by atoms with Crippen LogP contribution in [0.2, 0.25) is 0 Å². The van der Waals surface area contributed by atoms with E-state index in [-0.39, 0.29) is 18.4 Å². The zero-order valence-corrected chi connectivity index (χ0v) is 10.4. The monoisotopic (exact) mass is 250 g/mol. The third-order valence-corrected chi connectivity index (χ3v) is 2.28. The summed E-state index contributed by atoms with van der Waals surface area (Å²) in [5, 5.41) is 14.0. The van der Waals surface area contributed by atoms with Crippen LogP contribution in [0.25, 0.3) is 0 Å². The minimum absolute atomic E-state index is 0.0941. The lowest BCUT2D eigenvalue weighted by molar-refractivity contribution is -0.116. The van der Waals surface area contributed by atoms with E-state index in [9.17, 15) is 9.59 Å². The van der Waals surface area contributed by atoms with Gasteiger partial charge in [0.05, 0.1) is 0 Å². The first-order valence-electron chi connectivity index (χ1n) is 5.90. The Labute approximate surface area is 106 Å². The molecular formula is C13H18N2O3. The van der Waals surface area contributed by atoms with Crippen molar-refractivity contribution in [1.82, 2.24) is 0 Å². The van der Waals surface area contributed by atoms with E-state index >= 15 is 0 Å². The van der Waals surface area contributed by atoms with Crippen LogP contribution < -0.4 is 10.6 Å². The van der Waals surface area contributed by atoms with Crippen molar-refractivity contribution in [1.29, 1.82) is 0 Å². The number of amides is 2. The van der Waals surface area contributed by atoms with Gasteiger partial charge in [0.25, 0.3) is 0 Å². The number of benzene rings is 1. The molecule has 1 aromatic carbocycles. The molecule has 0 aliphatic carbocycles. The normalized spacial score (nSPS) is 9.89. The number of aliphatic hydroxyl groups excluding tert-OH is 1. The van der Waals surface area contributed by atoms with E-state index in [1.54, 1.807) is 24.3 Å². The fourth-order valence-electron chi connectivity index (χ4n) is 1.50. The van der Waals surface area contributed by atoms with Gasteiger partial charge >= 0.3 is 0 Å². The molecule has 0 spiro atoms. The molecule has 0 radical (unpaired) electrons. The Bertz CT molecular complexity index is 418. The van der Waals surface area contributed by atoms with Gasteiger partial charge in [-0.3, -0.25) is 9.59 Å². The minimum atomic E-state index is -0.151. The minimum Gasteiger partial charge on any atom is -0.396 e. The average Bonchev–Trinajstić information content (AvgIpc) is 2.28. The van der Waals surface area contributed by atoms with Gasteiger partial charge in [-0.25, -0.2) is 0 Å². The first-order chi connectivity index (χ1) is 8.61. The lowest BCUT2D eigenvalue weighted by atomic mass is 10.2. The Balaban J connectivity index is 2.51. The molecule has 0 saturated heterocycles. The maximum absolute atomic E-state index is 11.5. The highest BCUT2D eigenvalue weighted by Gasteiger charge is 2.03. The number of aliphatic hydroxyl groups is 1. The molecule has 1 rings (SSSR count). The number of hydrogen-bond acceptors (Lipinski definition) is 3. The van der Waals surface area contributed by atoms with Gasteiger partial charge in [-0.15, -0.1) is 0 Å². The van der Waals surface area contributed by atoms with E-state index in [1.165, 1.54) is 6.92 Å². The quantitative estimate of drug-likeness (QED) is 0.673. The van der Waals surface area contributed by atoms with Crippen LogP contribution in [0.15, 0.2) is 24.3 Å². The fourth-order valence-corrected chi connectivity index (χ4v) is 1.50. The summed E-state index contributed by atoms with van der Waals surface area (Å²) in [4.78, 5) is 22.4. The van der Waals surface area contributed by atoms with Crippen LogP contribution in [0.5, 0.6) is 0 Å². The number of carbonyl (C=O) groups is 2. The molecule has 0 aliphatic rings. The summed E-state index contributed by atoms with van der Waals surface area (Å²) in [5.74, 6) is -0.246. The van der Waals surface area contributed by atoms with Gasteiger partial charge in [-0.1, -0.05) is 6.07 Å². The van der Waals surface area contributed by atoms with Crippen LogP contribution in [-0.2, 0) is 9.59 Å². The van der Waals surface area contributed by atoms with Gasteiger partial charge in [0.1, 0.15) is 0 Å². The number of unbranched alkanes of at least 4 members (excludes halogenated alkanes) is 1. The predicted octanol–water partition coefficient (Wildman–Crippen LogP) is 1.75. The zero-order valence-electron chi connectivity index (χ0n) is 10.4. The average molecular weight is 250 g/mol. The molecule has 3 N–H and O–H groups in total. The third-order valence-electron chi connectivity index (χ3n) is 2.28. The zero-order chi connectivity index (χ0) is 13.4. The van der Waals surface area contributed by atoms with E-state index in [1.807, 2.05) is 0 Å². The summed E-state index contributed by atoms with van der Waals surface area (Å²) in [6, 6.07) is 6.97. The SMILES string of the molecule is CC(=O)Nc1cccc(NC(=O)CCCCO)c1. The van der Waals surface area contributed by atoms with E-state index in [2.05, 4.69) is 10.6 Å². The van der Waals surface area contributed by atoms with Crippen LogP contribution >= 0.6 is 0 Å². The maximum Gasteiger partial charge on any atom is 0.224 e. The van der Waals surface area contributed by atoms with Crippen LogP contribution in [0, 0.1) is 0 Å². The van der Waals surface area contributed by atoms with Crippen LogP contribution in [0.4, 0.5) is 11.4 Å². The largest absolute Gasteiger partial charge is 0.396 e. The van der Waals surface area contributed by atoms with Gasteiger partial charge in [-0.2, -0.15) is 0 Å². The molecule has 2 amide bonds. The summed E-state index contributed by atoms with van der Waals surface area (Å²) in [5.41, 5.74) is 1.30. The first-order valence-corrected chi connectivity index (χ1v) is 5.90. The molecule has 5 heteroatoms. The van der Waals surface area contributed by atoms with Crippen molar-refractivity contribution < 1.29 is 14.7 Å². The molecular weight excluding hydrogens is 232 g/mol. The molecule has 0 unspecified atom stereocenters. The second kappa shape index (κ2) is 7.45. The van der Waals surface area contributed by atoms with Crippen molar-refractivity contribution in [2.75, 3.05) is 17.2 Å². The first kappa shape index (κ1) is 14.2. The summed E-state index contributed by atoms with van der Waals surface area (Å²) >= 11 is 0. The number of hydrogen-bond donors (Lipinski definition) is 3. The van der Waals surface area contributed by atoms with Gasteiger partial charge in [0.15, 0.2) is 0 Å². The molecule has 5 nitrogen and oxygen atoms in total. The van der Waals surface area contributed by atoms with Crippen molar-refractivity contribution >= 4 is 23.2 Å². The van der Waals surface area contributed by atoms with Gasteiger partial charge in [0, 0.05) is 31.3 Å². The molecule has 18 heavy (non-hydrogen) atoms. The van der Waals surface area contributed by atoms with Crippen molar-refractivity contribution in [3.63, 3.8) is 0 Å². The molecule has 0 aromatic heterocycles. The molecule has 0 atom stereocenters. The molecule has 98 valence electrons. The van der Waals surface area contributed by atoms with Crippen LogP contribution in [-0.4, -0.2) is 23.5 Å². The number of nitrogens with one attached hydrogen (secondary N) is 2. The Kier molecular flexibility index (Phi) is 5.87. The lowest BCUT2D eigenvalue weighted by Crippen LogP contribution is -2.12. The van der Waals surface area contributed by atoms with Gasteiger partial charge in [-0.05, 0) is 31.0 Å².